The normalized spacial score (nSPS) is 10.8. The molecular formula is C18H7Cl3N6O4. The van der Waals surface area contributed by atoms with Crippen molar-refractivity contribution in [2.45, 2.75) is 0 Å². The van der Waals surface area contributed by atoms with Crippen LogP contribution in [0.3, 0.4) is 0 Å². The summed E-state index contributed by atoms with van der Waals surface area (Å²) in [6.07, 6.45) is 0. The predicted octanol–water partition coefficient (Wildman–Crippen LogP) is 3.46. The van der Waals surface area contributed by atoms with Crippen LogP contribution in [0.1, 0.15) is 0 Å². The minimum absolute atomic E-state index is 0.00856. The van der Waals surface area contributed by atoms with Gasteiger partial charge in [0.15, 0.2) is 5.75 Å². The van der Waals surface area contributed by atoms with Crippen LogP contribution in [0.5, 0.6) is 11.6 Å². The van der Waals surface area contributed by atoms with Crippen molar-refractivity contribution in [2.75, 3.05) is 0 Å². The third kappa shape index (κ3) is 3.77. The Labute approximate surface area is 186 Å². The van der Waals surface area contributed by atoms with Gasteiger partial charge in [-0.25, -0.2) is 9.89 Å². The lowest BCUT2D eigenvalue weighted by molar-refractivity contribution is 0.461. The lowest BCUT2D eigenvalue weighted by Gasteiger charge is -2.12. The molecule has 0 unspecified atom stereocenters. The van der Waals surface area contributed by atoms with E-state index in [1.165, 1.54) is 18.2 Å². The van der Waals surface area contributed by atoms with Gasteiger partial charge in [0, 0.05) is 5.02 Å². The van der Waals surface area contributed by atoms with Gasteiger partial charge < -0.3 is 9.58 Å². The maximum absolute atomic E-state index is 12.1. The zero-order valence-electron chi connectivity index (χ0n) is 14.9. The molecule has 0 saturated heterocycles. The molecule has 154 valence electrons. The van der Waals surface area contributed by atoms with Gasteiger partial charge in [-0.3, -0.25) is 14.6 Å². The number of fused-ring (bicyclic) bond motifs is 1. The average Bonchev–Trinajstić information content (AvgIpc) is 2.72. The van der Waals surface area contributed by atoms with Crippen LogP contribution in [0.15, 0.2) is 44.7 Å². The summed E-state index contributed by atoms with van der Waals surface area (Å²) in [7, 11) is 0. The third-order valence-corrected chi connectivity index (χ3v) is 4.86. The Hall–Kier alpha value is -3.65. The summed E-state index contributed by atoms with van der Waals surface area (Å²) in [5, 5.41) is 10.8. The second-order valence-electron chi connectivity index (χ2n) is 5.99. The zero-order valence-corrected chi connectivity index (χ0v) is 17.2. The van der Waals surface area contributed by atoms with E-state index in [-0.39, 0.29) is 32.7 Å². The standard InChI is InChI=1S/C18H7Cl3N6O4/c1-22-14-16(29)23-18(30)27(26-14)8-5-11(20)13(12(21)6-8)31-17-9-3-2-7(19)4-10(9)15(28)24-25-17/h2-6H,(H,24,28)(H,23,29,30). The molecule has 2 N–H and O–H groups in total. The largest absolute Gasteiger partial charge is 0.434 e. The van der Waals surface area contributed by atoms with Crippen LogP contribution in [0.4, 0.5) is 5.82 Å². The molecule has 2 aromatic carbocycles. The summed E-state index contributed by atoms with van der Waals surface area (Å²) >= 11 is 18.5. The number of ether oxygens (including phenoxy) is 1. The highest BCUT2D eigenvalue weighted by Crippen LogP contribution is 2.39. The fraction of sp³-hybridized carbons (Fsp3) is 0. The molecule has 13 heteroatoms. The summed E-state index contributed by atoms with van der Waals surface area (Å²) in [6.45, 7) is 6.97. The number of aromatic nitrogens is 5. The van der Waals surface area contributed by atoms with Gasteiger partial charge in [-0.1, -0.05) is 41.4 Å². The summed E-state index contributed by atoms with van der Waals surface area (Å²) in [5.74, 6) is -0.530. The molecule has 0 amide bonds. The van der Waals surface area contributed by atoms with Crippen molar-refractivity contribution in [3.05, 3.63) is 88.0 Å². The van der Waals surface area contributed by atoms with E-state index in [0.29, 0.717) is 10.4 Å². The van der Waals surface area contributed by atoms with E-state index >= 15 is 0 Å². The van der Waals surface area contributed by atoms with Crippen molar-refractivity contribution in [3.8, 4) is 17.3 Å². The van der Waals surface area contributed by atoms with Crippen molar-refractivity contribution < 1.29 is 4.74 Å². The summed E-state index contributed by atoms with van der Waals surface area (Å²) in [5.41, 5.74) is -2.18. The molecule has 31 heavy (non-hydrogen) atoms. The van der Waals surface area contributed by atoms with E-state index in [1.807, 2.05) is 4.98 Å². The molecule has 0 saturated carbocycles. The quantitative estimate of drug-likeness (QED) is 0.435. The molecule has 4 rings (SSSR count). The maximum Gasteiger partial charge on any atom is 0.365 e. The molecule has 0 aliphatic heterocycles. The topological polar surface area (TPSA) is 127 Å². The van der Waals surface area contributed by atoms with Gasteiger partial charge in [-0.15, -0.1) is 9.78 Å². The SMILES string of the molecule is [C-]#[N+]c1nn(-c2cc(Cl)c(Oc3n[nH]c(=O)c4cc(Cl)ccc34)c(Cl)c2)c(=O)[nH]c1=O. The van der Waals surface area contributed by atoms with E-state index < -0.39 is 22.6 Å². The predicted molar refractivity (Wildman–Crippen MR) is 114 cm³/mol. The van der Waals surface area contributed by atoms with Crippen molar-refractivity contribution in [1.29, 1.82) is 0 Å². The lowest BCUT2D eigenvalue weighted by atomic mass is 10.2. The molecule has 10 nitrogen and oxygen atoms in total. The number of nitrogens with one attached hydrogen (secondary N) is 2. The molecule has 0 aliphatic rings. The lowest BCUT2D eigenvalue weighted by Crippen LogP contribution is -2.30. The number of hydrogen-bond donors (Lipinski definition) is 2. The summed E-state index contributed by atoms with van der Waals surface area (Å²) < 4.78 is 6.50. The second kappa shape index (κ2) is 7.88. The van der Waals surface area contributed by atoms with Gasteiger partial charge >= 0.3 is 11.5 Å². The Morgan fingerprint density at radius 2 is 1.71 bits per heavy atom. The number of rotatable bonds is 3. The van der Waals surface area contributed by atoms with Crippen molar-refractivity contribution >= 4 is 51.4 Å². The van der Waals surface area contributed by atoms with Gasteiger partial charge in [0.2, 0.25) is 5.88 Å². The number of H-pyrrole nitrogens is 2. The molecule has 0 spiro atoms. The van der Waals surface area contributed by atoms with E-state index in [9.17, 15) is 14.4 Å². The fourth-order valence-corrected chi connectivity index (χ4v) is 3.42. The Balaban J connectivity index is 1.82. The first kappa shape index (κ1) is 20.6. The molecular weight excluding hydrogens is 471 g/mol. The number of benzene rings is 2. The number of nitrogens with zero attached hydrogens (tertiary/aromatic N) is 4. The molecule has 4 aromatic rings. The van der Waals surface area contributed by atoms with Crippen LogP contribution in [0.25, 0.3) is 21.3 Å². The second-order valence-corrected chi connectivity index (χ2v) is 7.25. The Bertz CT molecular complexity index is 1560. The average molecular weight is 478 g/mol. The highest BCUT2D eigenvalue weighted by molar-refractivity contribution is 6.37. The minimum atomic E-state index is -0.912. The molecule has 2 aromatic heterocycles. The Morgan fingerprint density at radius 1 is 1.00 bits per heavy atom. The summed E-state index contributed by atoms with van der Waals surface area (Å²) in [4.78, 5) is 40.6. The van der Waals surface area contributed by atoms with Crippen LogP contribution in [-0.2, 0) is 0 Å². The third-order valence-electron chi connectivity index (χ3n) is 4.06. The van der Waals surface area contributed by atoms with Gasteiger partial charge in [0.25, 0.3) is 11.1 Å². The van der Waals surface area contributed by atoms with Gasteiger partial charge in [-0.2, -0.15) is 0 Å². The van der Waals surface area contributed by atoms with Crippen LogP contribution in [0, 0.1) is 6.57 Å². The first-order valence-corrected chi connectivity index (χ1v) is 9.38. The molecule has 0 atom stereocenters. The molecule has 0 fully saturated rings. The van der Waals surface area contributed by atoms with Crippen LogP contribution < -0.4 is 21.5 Å². The van der Waals surface area contributed by atoms with Gasteiger partial charge in [0.05, 0.1) is 26.5 Å². The molecule has 0 radical (unpaired) electrons. The number of halogens is 3. The zero-order chi connectivity index (χ0) is 22.3. The highest BCUT2D eigenvalue weighted by atomic mass is 35.5. The number of aromatic amines is 2. The van der Waals surface area contributed by atoms with Crippen molar-refractivity contribution in [2.24, 2.45) is 0 Å². The highest BCUT2D eigenvalue weighted by Gasteiger charge is 2.18. The Morgan fingerprint density at radius 3 is 2.39 bits per heavy atom. The molecule has 2 heterocycles. The Kier molecular flexibility index (Phi) is 5.24. The van der Waals surface area contributed by atoms with Crippen molar-refractivity contribution in [1.82, 2.24) is 25.0 Å². The summed E-state index contributed by atoms with van der Waals surface area (Å²) in [6, 6.07) is 7.18. The van der Waals surface area contributed by atoms with Crippen molar-refractivity contribution in [3.63, 3.8) is 0 Å². The van der Waals surface area contributed by atoms with Crippen LogP contribution >= 0.6 is 34.8 Å². The van der Waals surface area contributed by atoms with Gasteiger partial charge in [-0.05, 0) is 35.4 Å². The van der Waals surface area contributed by atoms with E-state index in [1.54, 1.807) is 12.1 Å². The molecule has 0 aliphatic carbocycles. The monoisotopic (exact) mass is 476 g/mol. The van der Waals surface area contributed by atoms with E-state index in [4.69, 9.17) is 46.1 Å². The maximum atomic E-state index is 12.1. The minimum Gasteiger partial charge on any atom is -0.434 e. The van der Waals surface area contributed by atoms with E-state index in [0.717, 1.165) is 4.68 Å². The smallest absolute Gasteiger partial charge is 0.365 e. The van der Waals surface area contributed by atoms with Crippen LogP contribution in [0.2, 0.25) is 15.1 Å². The van der Waals surface area contributed by atoms with Crippen LogP contribution in [-0.4, -0.2) is 25.0 Å². The number of hydrogen-bond acceptors (Lipinski definition) is 6. The first-order chi connectivity index (χ1) is 14.8. The van der Waals surface area contributed by atoms with Gasteiger partial charge in [0.1, 0.15) is 0 Å². The fourth-order valence-electron chi connectivity index (χ4n) is 2.69. The molecule has 0 bridgehead atoms. The first-order valence-electron chi connectivity index (χ1n) is 8.25. The van der Waals surface area contributed by atoms with E-state index in [2.05, 4.69) is 20.1 Å².